The molecule has 1 saturated heterocycles. The van der Waals surface area contributed by atoms with Crippen molar-refractivity contribution in [1.82, 2.24) is 10.2 Å². The minimum Gasteiger partial charge on any atom is -0.489 e. The van der Waals surface area contributed by atoms with E-state index in [0.29, 0.717) is 25.6 Å². The molecule has 0 spiro atoms. The molecular weight excluding hydrogens is 488 g/mol. The fourth-order valence-electron chi connectivity index (χ4n) is 2.94. The highest BCUT2D eigenvalue weighted by Crippen LogP contribution is 2.15. The fraction of sp³-hybridized carbons (Fsp3) is 0.667. The molecule has 1 aliphatic heterocycles. The monoisotopic (exact) mass is 523 g/mol. The predicted octanol–water partition coefficient (Wildman–Crippen LogP) is 3.55. The smallest absolute Gasteiger partial charge is 0.193 e. The van der Waals surface area contributed by atoms with Gasteiger partial charge in [0.2, 0.25) is 0 Å². The number of ether oxygens (including phenoxy) is 3. The lowest BCUT2D eigenvalue weighted by Crippen LogP contribution is -2.41. The van der Waals surface area contributed by atoms with Crippen LogP contribution in [0.4, 0.5) is 4.39 Å². The summed E-state index contributed by atoms with van der Waals surface area (Å²) in [6, 6.07) is 6.44. The molecule has 0 saturated carbocycles. The zero-order valence-corrected chi connectivity index (χ0v) is 19.9. The molecule has 0 aromatic heterocycles. The van der Waals surface area contributed by atoms with Gasteiger partial charge in [-0.25, -0.2) is 4.39 Å². The summed E-state index contributed by atoms with van der Waals surface area (Å²) < 4.78 is 30.3. The Bertz CT molecular complexity index is 586. The molecule has 1 aromatic carbocycles. The Labute approximate surface area is 191 Å². The van der Waals surface area contributed by atoms with Gasteiger partial charge in [-0.1, -0.05) is 12.1 Å². The number of guanidine groups is 1. The van der Waals surface area contributed by atoms with Gasteiger partial charge in [0.25, 0.3) is 0 Å². The number of para-hydroxylation sites is 1. The van der Waals surface area contributed by atoms with Gasteiger partial charge >= 0.3 is 0 Å². The van der Waals surface area contributed by atoms with Gasteiger partial charge in [-0.05, 0) is 44.2 Å². The summed E-state index contributed by atoms with van der Waals surface area (Å²) in [6.45, 7) is 7.79. The Morgan fingerprint density at radius 1 is 1.28 bits per heavy atom. The number of hydrogen-bond acceptors (Lipinski definition) is 4. The first-order chi connectivity index (χ1) is 13.7. The van der Waals surface area contributed by atoms with E-state index in [2.05, 4.69) is 10.3 Å². The standard InChI is InChI=1S/C21H34FN3O3.HI/c1-3-23-21(24-11-6-13-27-17-18-9-14-26-15-10-18)25(2)12-16-28-20-8-5-4-7-19(20)22;/h4-5,7-8,18H,3,6,9-17H2,1-2H3,(H,23,24);1H. The lowest BCUT2D eigenvalue weighted by Gasteiger charge is -2.22. The van der Waals surface area contributed by atoms with Gasteiger partial charge in [0, 0.05) is 46.6 Å². The molecule has 0 atom stereocenters. The first-order valence-corrected chi connectivity index (χ1v) is 10.2. The van der Waals surface area contributed by atoms with Crippen LogP contribution >= 0.6 is 24.0 Å². The number of benzene rings is 1. The van der Waals surface area contributed by atoms with Gasteiger partial charge in [-0.15, -0.1) is 24.0 Å². The van der Waals surface area contributed by atoms with Gasteiger partial charge in [0.15, 0.2) is 17.5 Å². The molecule has 0 bridgehead atoms. The topological polar surface area (TPSA) is 55.3 Å². The lowest BCUT2D eigenvalue weighted by atomic mass is 10.0. The van der Waals surface area contributed by atoms with Crippen molar-refractivity contribution in [3.8, 4) is 5.75 Å². The highest BCUT2D eigenvalue weighted by molar-refractivity contribution is 14.0. The Balaban J connectivity index is 0.00000420. The van der Waals surface area contributed by atoms with Crippen LogP contribution in [-0.2, 0) is 9.47 Å². The molecule has 1 aliphatic rings. The Kier molecular flexibility index (Phi) is 14.0. The number of rotatable bonds is 11. The summed E-state index contributed by atoms with van der Waals surface area (Å²) in [6.07, 6.45) is 3.09. The van der Waals surface area contributed by atoms with Gasteiger partial charge < -0.3 is 24.4 Å². The van der Waals surface area contributed by atoms with E-state index in [-0.39, 0.29) is 35.5 Å². The molecule has 2 rings (SSSR count). The maximum absolute atomic E-state index is 13.6. The number of aliphatic imine (C=N–C) groups is 1. The summed E-state index contributed by atoms with van der Waals surface area (Å²) in [5, 5.41) is 3.28. The van der Waals surface area contributed by atoms with E-state index in [4.69, 9.17) is 14.2 Å². The summed E-state index contributed by atoms with van der Waals surface area (Å²) in [5.41, 5.74) is 0. The molecule has 0 unspecified atom stereocenters. The molecule has 1 heterocycles. The van der Waals surface area contributed by atoms with E-state index < -0.39 is 0 Å². The normalized spacial score (nSPS) is 14.9. The van der Waals surface area contributed by atoms with Gasteiger partial charge in [0.05, 0.1) is 6.54 Å². The van der Waals surface area contributed by atoms with Gasteiger partial charge in [-0.3, -0.25) is 4.99 Å². The third kappa shape index (κ3) is 10.5. The van der Waals surface area contributed by atoms with E-state index in [0.717, 1.165) is 58.2 Å². The highest BCUT2D eigenvalue weighted by Gasteiger charge is 2.13. The predicted molar refractivity (Wildman–Crippen MR) is 125 cm³/mol. The highest BCUT2D eigenvalue weighted by atomic mass is 127. The first kappa shape index (κ1) is 25.9. The second-order valence-corrected chi connectivity index (χ2v) is 6.92. The minimum atomic E-state index is -0.341. The Hall–Kier alpha value is -1.13. The van der Waals surface area contributed by atoms with E-state index in [1.54, 1.807) is 18.2 Å². The average molecular weight is 523 g/mol. The molecule has 0 amide bonds. The molecule has 1 aromatic rings. The molecule has 166 valence electrons. The third-order valence-electron chi connectivity index (χ3n) is 4.62. The van der Waals surface area contributed by atoms with E-state index >= 15 is 0 Å². The molecule has 6 nitrogen and oxygen atoms in total. The van der Waals surface area contributed by atoms with Crippen LogP contribution in [0.15, 0.2) is 29.3 Å². The summed E-state index contributed by atoms with van der Waals surface area (Å²) in [4.78, 5) is 6.64. The van der Waals surface area contributed by atoms with Crippen molar-refractivity contribution in [2.75, 3.05) is 59.7 Å². The first-order valence-electron chi connectivity index (χ1n) is 10.2. The van der Waals surface area contributed by atoms with Crippen molar-refractivity contribution in [3.05, 3.63) is 30.1 Å². The molecule has 0 radical (unpaired) electrons. The van der Waals surface area contributed by atoms with E-state index in [1.165, 1.54) is 6.07 Å². The van der Waals surface area contributed by atoms with Crippen LogP contribution in [0.2, 0.25) is 0 Å². The van der Waals surface area contributed by atoms with Crippen molar-refractivity contribution in [2.45, 2.75) is 26.2 Å². The van der Waals surface area contributed by atoms with Gasteiger partial charge in [0.1, 0.15) is 6.61 Å². The average Bonchev–Trinajstić information content (AvgIpc) is 2.72. The molecule has 29 heavy (non-hydrogen) atoms. The quantitative estimate of drug-likeness (QED) is 0.208. The van der Waals surface area contributed by atoms with Crippen LogP contribution in [-0.4, -0.2) is 70.6 Å². The largest absolute Gasteiger partial charge is 0.489 e. The van der Waals surface area contributed by atoms with Gasteiger partial charge in [-0.2, -0.15) is 0 Å². The fourth-order valence-corrected chi connectivity index (χ4v) is 2.94. The second kappa shape index (κ2) is 15.7. The minimum absolute atomic E-state index is 0. The number of halogens is 2. The molecule has 8 heteroatoms. The van der Waals surface area contributed by atoms with Crippen LogP contribution < -0.4 is 10.1 Å². The second-order valence-electron chi connectivity index (χ2n) is 6.92. The lowest BCUT2D eigenvalue weighted by molar-refractivity contribution is 0.0205. The Morgan fingerprint density at radius 3 is 2.76 bits per heavy atom. The van der Waals surface area contributed by atoms with Crippen LogP contribution in [0.1, 0.15) is 26.2 Å². The van der Waals surface area contributed by atoms with Crippen LogP contribution in [0.5, 0.6) is 5.75 Å². The van der Waals surface area contributed by atoms with Crippen molar-refractivity contribution >= 4 is 29.9 Å². The zero-order valence-electron chi connectivity index (χ0n) is 17.6. The van der Waals surface area contributed by atoms with Crippen LogP contribution in [0.25, 0.3) is 0 Å². The van der Waals surface area contributed by atoms with Crippen molar-refractivity contribution in [2.24, 2.45) is 10.9 Å². The van der Waals surface area contributed by atoms with Crippen molar-refractivity contribution < 1.29 is 18.6 Å². The maximum atomic E-state index is 13.6. The number of hydrogen-bond donors (Lipinski definition) is 1. The van der Waals surface area contributed by atoms with E-state index in [1.807, 2.05) is 18.9 Å². The summed E-state index contributed by atoms with van der Waals surface area (Å²) in [5.74, 6) is 1.39. The molecule has 0 aliphatic carbocycles. The van der Waals surface area contributed by atoms with E-state index in [9.17, 15) is 4.39 Å². The Morgan fingerprint density at radius 2 is 2.03 bits per heavy atom. The zero-order chi connectivity index (χ0) is 20.0. The molecule has 1 N–H and O–H groups in total. The number of nitrogens with zero attached hydrogens (tertiary/aromatic N) is 2. The SMILES string of the molecule is CCNC(=NCCCOCC1CCOCC1)N(C)CCOc1ccccc1F.I. The maximum Gasteiger partial charge on any atom is 0.193 e. The van der Waals surface area contributed by atoms with Crippen LogP contribution in [0, 0.1) is 11.7 Å². The summed E-state index contributed by atoms with van der Waals surface area (Å²) >= 11 is 0. The number of nitrogens with one attached hydrogen (secondary N) is 1. The third-order valence-corrected chi connectivity index (χ3v) is 4.62. The van der Waals surface area contributed by atoms with Crippen molar-refractivity contribution in [1.29, 1.82) is 0 Å². The van der Waals surface area contributed by atoms with Crippen LogP contribution in [0.3, 0.4) is 0 Å². The molecule has 1 fully saturated rings. The molecular formula is C21H35FIN3O3. The number of likely N-dealkylation sites (N-methyl/N-ethyl adjacent to an activating group) is 1. The van der Waals surface area contributed by atoms with Crippen molar-refractivity contribution in [3.63, 3.8) is 0 Å². The summed E-state index contributed by atoms with van der Waals surface area (Å²) in [7, 11) is 1.95.